The molecule has 0 aromatic heterocycles. The van der Waals surface area contributed by atoms with Crippen molar-refractivity contribution in [3.8, 4) is 0 Å². The minimum atomic E-state index is -2.50. The fraction of sp³-hybridized carbons (Fsp3) is 1.00. The van der Waals surface area contributed by atoms with Crippen LogP contribution in [0.5, 0.6) is 0 Å². The van der Waals surface area contributed by atoms with E-state index in [1.165, 1.54) is 0 Å². The van der Waals surface area contributed by atoms with Gasteiger partial charge >= 0.3 is 0 Å². The van der Waals surface area contributed by atoms with Crippen LogP contribution in [-0.2, 0) is 0 Å². The van der Waals surface area contributed by atoms with Crippen LogP contribution in [0.4, 0.5) is 8.78 Å². The van der Waals surface area contributed by atoms with Crippen molar-refractivity contribution in [2.45, 2.75) is 45.0 Å². The van der Waals surface area contributed by atoms with Crippen LogP contribution in [0.2, 0.25) is 0 Å². The molecule has 0 N–H and O–H groups in total. The molecule has 0 atom stereocenters. The van der Waals surface area contributed by atoms with E-state index < -0.39 is 5.92 Å². The van der Waals surface area contributed by atoms with E-state index in [1.54, 1.807) is 0 Å². The highest BCUT2D eigenvalue weighted by molar-refractivity contribution is 9.09. The average molecular weight is 241 g/mol. The molecule has 1 fully saturated rings. The predicted octanol–water partition coefficient (Wildman–Crippen LogP) is 3.99. The average Bonchev–Trinajstić information content (AvgIpc) is 2.34. The summed E-state index contributed by atoms with van der Waals surface area (Å²) >= 11 is 3.35. The maximum atomic E-state index is 12.8. The topological polar surface area (TPSA) is 0 Å². The highest BCUT2D eigenvalue weighted by Crippen LogP contribution is 2.46. The van der Waals surface area contributed by atoms with Crippen LogP contribution < -0.4 is 0 Å². The fourth-order valence-electron chi connectivity index (χ4n) is 2.14. The summed E-state index contributed by atoms with van der Waals surface area (Å²) in [7, 11) is 0. The number of halogens is 3. The van der Waals surface area contributed by atoms with E-state index >= 15 is 0 Å². The summed E-state index contributed by atoms with van der Waals surface area (Å²) < 4.78 is 25.6. The van der Waals surface area contributed by atoms with E-state index in [4.69, 9.17) is 0 Å². The molecule has 1 aliphatic carbocycles. The first-order valence-corrected chi connectivity index (χ1v) is 5.53. The third-order valence-corrected chi connectivity index (χ3v) is 3.82. The molecule has 0 unspecified atom stereocenters. The second kappa shape index (κ2) is 3.60. The highest BCUT2D eigenvalue weighted by Gasteiger charge is 2.40. The van der Waals surface area contributed by atoms with Gasteiger partial charge in [0, 0.05) is 11.8 Å². The maximum Gasteiger partial charge on any atom is 0.246 e. The van der Waals surface area contributed by atoms with E-state index in [9.17, 15) is 8.78 Å². The second-order valence-corrected chi connectivity index (χ2v) is 4.65. The Hall–Kier alpha value is 0.340. The van der Waals surface area contributed by atoms with Gasteiger partial charge in [0.15, 0.2) is 0 Å². The highest BCUT2D eigenvalue weighted by atomic mass is 79.9. The van der Waals surface area contributed by atoms with Crippen LogP contribution in [0.1, 0.15) is 39.0 Å². The van der Waals surface area contributed by atoms with Crippen molar-refractivity contribution in [3.63, 3.8) is 0 Å². The molecule has 0 heterocycles. The molecule has 0 radical (unpaired) electrons. The quantitative estimate of drug-likeness (QED) is 0.655. The Labute approximate surface area is 80.9 Å². The molecule has 1 aliphatic rings. The Balaban J connectivity index is 2.55. The molecule has 0 aromatic rings. The van der Waals surface area contributed by atoms with Gasteiger partial charge in [-0.25, -0.2) is 8.78 Å². The van der Waals surface area contributed by atoms with E-state index in [-0.39, 0.29) is 11.8 Å². The molecule has 0 saturated heterocycles. The number of rotatable bonds is 3. The zero-order chi connectivity index (χ0) is 9.24. The third kappa shape index (κ3) is 2.68. The molecule has 0 nitrogen and oxygen atoms in total. The van der Waals surface area contributed by atoms with Crippen molar-refractivity contribution in [1.29, 1.82) is 0 Å². The molecule has 12 heavy (non-hydrogen) atoms. The minimum Gasteiger partial charge on any atom is -0.207 e. The first-order valence-electron chi connectivity index (χ1n) is 4.41. The lowest BCUT2D eigenvalue weighted by Crippen LogP contribution is -2.27. The Morgan fingerprint density at radius 1 is 1.33 bits per heavy atom. The van der Waals surface area contributed by atoms with Crippen molar-refractivity contribution in [2.24, 2.45) is 5.41 Å². The van der Waals surface area contributed by atoms with Crippen LogP contribution in [0.3, 0.4) is 0 Å². The first kappa shape index (κ1) is 10.4. The normalized spacial score (nSPS) is 23.0. The van der Waals surface area contributed by atoms with Crippen molar-refractivity contribution in [1.82, 2.24) is 0 Å². The Morgan fingerprint density at radius 3 is 2.17 bits per heavy atom. The van der Waals surface area contributed by atoms with Gasteiger partial charge in [-0.3, -0.25) is 0 Å². The van der Waals surface area contributed by atoms with Gasteiger partial charge in [0.05, 0.1) is 0 Å². The van der Waals surface area contributed by atoms with Crippen LogP contribution >= 0.6 is 15.9 Å². The van der Waals surface area contributed by atoms with Gasteiger partial charge in [-0.2, -0.15) is 0 Å². The fourth-order valence-corrected chi connectivity index (χ4v) is 2.90. The smallest absolute Gasteiger partial charge is 0.207 e. The summed E-state index contributed by atoms with van der Waals surface area (Å²) in [6.07, 6.45) is 4.19. The van der Waals surface area contributed by atoms with Gasteiger partial charge in [-0.1, -0.05) is 28.8 Å². The standard InChI is InChI=1S/C9H15BrF2/c1-8(11,12)6-9(7-10)4-2-3-5-9/h2-7H2,1H3. The lowest BCUT2D eigenvalue weighted by molar-refractivity contribution is -0.0223. The summed E-state index contributed by atoms with van der Waals surface area (Å²) in [5.41, 5.74) is -0.113. The van der Waals surface area contributed by atoms with E-state index in [0.717, 1.165) is 37.9 Å². The largest absolute Gasteiger partial charge is 0.246 e. The van der Waals surface area contributed by atoms with Crippen molar-refractivity contribution >= 4 is 15.9 Å². The van der Waals surface area contributed by atoms with Gasteiger partial charge in [0.25, 0.3) is 0 Å². The molecule has 72 valence electrons. The number of hydrogen-bond acceptors (Lipinski definition) is 0. The molecule has 0 bridgehead atoms. The van der Waals surface area contributed by atoms with E-state index in [0.29, 0.717) is 0 Å². The SMILES string of the molecule is CC(F)(F)CC1(CBr)CCCC1. The predicted molar refractivity (Wildman–Crippen MR) is 49.9 cm³/mol. The van der Waals surface area contributed by atoms with Gasteiger partial charge in [-0.15, -0.1) is 0 Å². The van der Waals surface area contributed by atoms with Crippen LogP contribution in [0.25, 0.3) is 0 Å². The molecule has 3 heteroatoms. The molecule has 0 aromatic carbocycles. The van der Waals surface area contributed by atoms with Gasteiger partial charge in [0.2, 0.25) is 5.92 Å². The monoisotopic (exact) mass is 240 g/mol. The first-order chi connectivity index (χ1) is 5.47. The molecule has 1 saturated carbocycles. The summed E-state index contributed by atoms with van der Waals surface area (Å²) in [4.78, 5) is 0. The minimum absolute atomic E-state index is 0.0469. The summed E-state index contributed by atoms with van der Waals surface area (Å²) in [6, 6.07) is 0. The van der Waals surface area contributed by atoms with Gasteiger partial charge in [-0.05, 0) is 25.2 Å². The zero-order valence-corrected chi connectivity index (χ0v) is 8.96. The Bertz CT molecular complexity index is 145. The van der Waals surface area contributed by atoms with Crippen LogP contribution in [0.15, 0.2) is 0 Å². The molecular weight excluding hydrogens is 226 g/mol. The maximum absolute atomic E-state index is 12.8. The summed E-state index contributed by atoms with van der Waals surface area (Å²) in [5, 5.41) is 0.726. The van der Waals surface area contributed by atoms with Crippen LogP contribution in [0, 0.1) is 5.41 Å². The number of hydrogen-bond donors (Lipinski definition) is 0. The molecule has 0 aliphatic heterocycles. The lowest BCUT2D eigenvalue weighted by atomic mass is 9.83. The lowest BCUT2D eigenvalue weighted by Gasteiger charge is -2.29. The van der Waals surface area contributed by atoms with Crippen LogP contribution in [-0.4, -0.2) is 11.3 Å². The van der Waals surface area contributed by atoms with Gasteiger partial charge in [0.1, 0.15) is 0 Å². The van der Waals surface area contributed by atoms with Crippen molar-refractivity contribution < 1.29 is 8.78 Å². The molecule has 0 spiro atoms. The van der Waals surface area contributed by atoms with Crippen molar-refractivity contribution in [2.75, 3.05) is 5.33 Å². The van der Waals surface area contributed by atoms with Crippen molar-refractivity contribution in [3.05, 3.63) is 0 Å². The molecule has 0 amide bonds. The molecule has 1 rings (SSSR count). The Kier molecular flexibility index (Phi) is 3.13. The number of alkyl halides is 3. The Morgan fingerprint density at radius 2 is 1.83 bits per heavy atom. The summed E-state index contributed by atoms with van der Waals surface area (Å²) in [6.45, 7) is 1.02. The van der Waals surface area contributed by atoms with Gasteiger partial charge < -0.3 is 0 Å². The zero-order valence-electron chi connectivity index (χ0n) is 7.38. The summed E-state index contributed by atoms with van der Waals surface area (Å²) in [5.74, 6) is -2.50. The second-order valence-electron chi connectivity index (χ2n) is 4.09. The van der Waals surface area contributed by atoms with E-state index in [2.05, 4.69) is 15.9 Å². The third-order valence-electron chi connectivity index (χ3n) is 2.63. The molecular formula is C9H15BrF2. The van der Waals surface area contributed by atoms with E-state index in [1.807, 2.05) is 0 Å².